The van der Waals surface area contributed by atoms with Crippen molar-refractivity contribution < 1.29 is 15.0 Å². The van der Waals surface area contributed by atoms with E-state index in [1.165, 1.54) is 37.7 Å². The molecule has 2 bridgehead atoms. The first-order valence-electron chi connectivity index (χ1n) is 17.9. The van der Waals surface area contributed by atoms with Crippen molar-refractivity contribution in [2.75, 3.05) is 19.6 Å². The number of β-amino-alcohol motifs (C(OH)–C–C–N with tert-alkyl or cyclic N) is 1. The summed E-state index contributed by atoms with van der Waals surface area (Å²) in [6.45, 7) is 7.30. The maximum Gasteiger partial charge on any atom is 0.193 e. The van der Waals surface area contributed by atoms with Crippen LogP contribution in [0.1, 0.15) is 117 Å². The van der Waals surface area contributed by atoms with Crippen LogP contribution in [0.4, 0.5) is 0 Å². The second-order valence-electron chi connectivity index (χ2n) is 14.7. The van der Waals surface area contributed by atoms with Gasteiger partial charge in [-0.05, 0) is 112 Å². The standard InChI is InChI=1S/C42H53NO3/c1-31-14-13-24-41(2)39(23-25-42(41,46)30-43-26-11-4-3-5-12-27-43)36-22-20-32(28-34(44)21-19-31)29-38(36)40(45)37-18-10-9-17-35(37)33-15-7-6-8-16-33/h6-10,14-18,20,22,29,34,39,44,46H,3-5,11-13,19,21,23-28,30H2,1-2H3/t34-,39-,41-,42+/m0/s1. The van der Waals surface area contributed by atoms with Gasteiger partial charge in [0, 0.05) is 23.1 Å². The lowest BCUT2D eigenvalue weighted by Gasteiger charge is -2.46. The summed E-state index contributed by atoms with van der Waals surface area (Å²) in [5, 5.41) is 23.8. The van der Waals surface area contributed by atoms with Crippen LogP contribution in [0.3, 0.4) is 0 Å². The van der Waals surface area contributed by atoms with Crippen LogP contribution in [-0.4, -0.2) is 52.2 Å². The van der Waals surface area contributed by atoms with Crippen LogP contribution in [-0.2, 0) is 6.42 Å². The Kier molecular flexibility index (Phi) is 10.3. The third-order valence-corrected chi connectivity index (χ3v) is 11.6. The highest BCUT2D eigenvalue weighted by Crippen LogP contribution is 2.59. The zero-order valence-corrected chi connectivity index (χ0v) is 28.0. The maximum atomic E-state index is 14.8. The van der Waals surface area contributed by atoms with Crippen LogP contribution in [0.2, 0.25) is 0 Å². The molecule has 4 nitrogen and oxygen atoms in total. The van der Waals surface area contributed by atoms with Gasteiger partial charge in [-0.1, -0.05) is 105 Å². The summed E-state index contributed by atoms with van der Waals surface area (Å²) >= 11 is 0. The van der Waals surface area contributed by atoms with Crippen LogP contribution in [0.25, 0.3) is 11.1 Å². The summed E-state index contributed by atoms with van der Waals surface area (Å²) in [6.07, 6.45) is 13.5. The van der Waals surface area contributed by atoms with Gasteiger partial charge in [-0.2, -0.15) is 0 Å². The van der Waals surface area contributed by atoms with E-state index in [-0.39, 0.29) is 11.7 Å². The van der Waals surface area contributed by atoms with E-state index in [0.717, 1.165) is 73.0 Å². The van der Waals surface area contributed by atoms with Crippen LogP contribution < -0.4 is 0 Å². The number of hydrogen-bond acceptors (Lipinski definition) is 4. The smallest absolute Gasteiger partial charge is 0.193 e. The Balaban J connectivity index is 1.44. The molecule has 0 amide bonds. The average Bonchev–Trinajstić information content (AvgIpc) is 3.30. The molecule has 1 saturated heterocycles. The molecular weight excluding hydrogens is 566 g/mol. The van der Waals surface area contributed by atoms with E-state index in [9.17, 15) is 15.0 Å². The Morgan fingerprint density at radius 3 is 2.37 bits per heavy atom. The number of allylic oxidation sites excluding steroid dienone is 2. The Bertz CT molecular complexity index is 1520. The Morgan fingerprint density at radius 1 is 0.870 bits per heavy atom. The number of likely N-dealkylation sites (tertiary alicyclic amines) is 1. The highest BCUT2D eigenvalue weighted by Gasteiger charge is 2.57. The van der Waals surface area contributed by atoms with Crippen molar-refractivity contribution >= 4 is 5.78 Å². The maximum absolute atomic E-state index is 14.8. The van der Waals surface area contributed by atoms with Gasteiger partial charge in [-0.15, -0.1) is 0 Å². The molecule has 4 atom stereocenters. The van der Waals surface area contributed by atoms with E-state index in [1.807, 2.05) is 42.5 Å². The van der Waals surface area contributed by atoms with Gasteiger partial charge in [-0.3, -0.25) is 4.79 Å². The topological polar surface area (TPSA) is 60.8 Å². The molecule has 0 radical (unpaired) electrons. The molecule has 244 valence electrons. The average molecular weight is 620 g/mol. The minimum atomic E-state index is -0.840. The van der Waals surface area contributed by atoms with Gasteiger partial charge in [0.2, 0.25) is 0 Å². The molecule has 0 unspecified atom stereocenters. The van der Waals surface area contributed by atoms with Gasteiger partial charge in [0.25, 0.3) is 0 Å². The molecule has 3 aromatic carbocycles. The fraction of sp³-hybridized carbons (Fsp3) is 0.500. The second-order valence-corrected chi connectivity index (χ2v) is 14.7. The number of ketones is 1. The predicted molar refractivity (Wildman–Crippen MR) is 188 cm³/mol. The molecule has 3 aromatic rings. The van der Waals surface area contributed by atoms with Crippen molar-refractivity contribution in [1.82, 2.24) is 4.90 Å². The van der Waals surface area contributed by atoms with Crippen LogP contribution in [0.15, 0.2) is 84.4 Å². The monoisotopic (exact) mass is 619 g/mol. The molecule has 1 aliphatic heterocycles. The summed E-state index contributed by atoms with van der Waals surface area (Å²) in [7, 11) is 0. The molecule has 2 N–H and O–H groups in total. The summed E-state index contributed by atoms with van der Waals surface area (Å²) in [6, 6.07) is 24.5. The van der Waals surface area contributed by atoms with Crippen molar-refractivity contribution in [3.8, 4) is 11.1 Å². The number of carbonyl (C=O) groups is 1. The third-order valence-electron chi connectivity index (χ3n) is 11.6. The van der Waals surface area contributed by atoms with E-state index in [0.29, 0.717) is 24.9 Å². The lowest BCUT2D eigenvalue weighted by atomic mass is 9.64. The first kappa shape index (κ1) is 32.9. The van der Waals surface area contributed by atoms with Crippen molar-refractivity contribution in [1.29, 1.82) is 0 Å². The molecule has 2 fully saturated rings. The predicted octanol–water partition coefficient (Wildman–Crippen LogP) is 8.89. The molecule has 4 aliphatic rings. The number of hydrogen-bond donors (Lipinski definition) is 2. The largest absolute Gasteiger partial charge is 0.393 e. The van der Waals surface area contributed by atoms with Gasteiger partial charge in [0.15, 0.2) is 5.78 Å². The second kappa shape index (κ2) is 14.4. The fourth-order valence-corrected chi connectivity index (χ4v) is 8.73. The van der Waals surface area contributed by atoms with Gasteiger partial charge >= 0.3 is 0 Å². The number of nitrogens with zero attached hydrogens (tertiary/aromatic N) is 1. The van der Waals surface area contributed by atoms with Crippen LogP contribution >= 0.6 is 0 Å². The summed E-state index contributed by atoms with van der Waals surface area (Å²) < 4.78 is 0. The Labute approximate surface area is 276 Å². The van der Waals surface area contributed by atoms with E-state index in [2.05, 4.69) is 55.2 Å². The van der Waals surface area contributed by atoms with Crippen LogP contribution in [0.5, 0.6) is 0 Å². The van der Waals surface area contributed by atoms with Gasteiger partial charge < -0.3 is 15.1 Å². The lowest BCUT2D eigenvalue weighted by Crippen LogP contribution is -2.53. The van der Waals surface area contributed by atoms with Gasteiger partial charge in [0.1, 0.15) is 0 Å². The minimum absolute atomic E-state index is 0.0233. The molecular formula is C42H53NO3. The zero-order chi connectivity index (χ0) is 32.1. The zero-order valence-electron chi connectivity index (χ0n) is 28.0. The van der Waals surface area contributed by atoms with Crippen LogP contribution in [0, 0.1) is 5.41 Å². The number of rotatable bonds is 5. The van der Waals surface area contributed by atoms with Crippen molar-refractivity contribution in [2.24, 2.45) is 5.41 Å². The van der Waals surface area contributed by atoms with E-state index in [1.54, 1.807) is 0 Å². The van der Waals surface area contributed by atoms with E-state index in [4.69, 9.17) is 0 Å². The molecule has 0 spiro atoms. The number of aliphatic hydroxyl groups is 2. The summed E-state index contributed by atoms with van der Waals surface area (Å²) in [5.74, 6) is 0.0703. The molecule has 4 heteroatoms. The fourth-order valence-electron chi connectivity index (χ4n) is 8.73. The Morgan fingerprint density at radius 2 is 1.59 bits per heavy atom. The highest BCUT2D eigenvalue weighted by molar-refractivity contribution is 6.13. The SMILES string of the molecule is CC1=CCC[C@@]2(C)[C@@H](CC[C@@]2(O)CN2CCCCCCC2)c2ccc(cc2C(=O)c2ccccc2-c2ccccc2)C[C@@H](O)CC1. The van der Waals surface area contributed by atoms with Gasteiger partial charge in [-0.25, -0.2) is 0 Å². The highest BCUT2D eigenvalue weighted by atomic mass is 16.3. The van der Waals surface area contributed by atoms with E-state index >= 15 is 0 Å². The molecule has 3 aliphatic carbocycles. The molecule has 1 saturated carbocycles. The number of carbonyl (C=O) groups excluding carboxylic acids is 1. The molecule has 0 aromatic heterocycles. The third kappa shape index (κ3) is 6.95. The van der Waals surface area contributed by atoms with Crippen molar-refractivity contribution in [3.63, 3.8) is 0 Å². The first-order valence-corrected chi connectivity index (χ1v) is 17.9. The summed E-state index contributed by atoms with van der Waals surface area (Å²) in [4.78, 5) is 17.3. The van der Waals surface area contributed by atoms with Crippen molar-refractivity contribution in [2.45, 2.75) is 109 Å². The normalized spacial score (nSPS) is 28.0. The van der Waals surface area contributed by atoms with Crippen molar-refractivity contribution in [3.05, 3.63) is 107 Å². The molecule has 7 rings (SSSR count). The first-order chi connectivity index (χ1) is 22.3. The number of fused-ring (bicyclic) bond motifs is 8. The number of benzene rings is 3. The van der Waals surface area contributed by atoms with Gasteiger partial charge in [0.05, 0.1) is 11.7 Å². The lowest BCUT2D eigenvalue weighted by molar-refractivity contribution is -0.0843. The minimum Gasteiger partial charge on any atom is -0.393 e. The quantitative estimate of drug-likeness (QED) is 0.221. The molecule has 1 heterocycles. The molecule has 46 heavy (non-hydrogen) atoms. The summed E-state index contributed by atoms with van der Waals surface area (Å²) in [5.41, 5.74) is 5.49. The Hall–Kier alpha value is -3.05. The number of aliphatic hydroxyl groups excluding tert-OH is 1. The van der Waals surface area contributed by atoms with E-state index < -0.39 is 17.1 Å².